The van der Waals surface area contributed by atoms with Crippen LogP contribution >= 0.6 is 0 Å². The molecule has 0 aromatic rings. The first-order valence-electron chi connectivity index (χ1n) is 14.4. The summed E-state index contributed by atoms with van der Waals surface area (Å²) in [5.74, 6) is 1.45. The third-order valence-electron chi connectivity index (χ3n) is 6.05. The highest BCUT2D eigenvalue weighted by Gasteiger charge is 2.13. The fourth-order valence-corrected chi connectivity index (χ4v) is 3.92. The van der Waals surface area contributed by atoms with Gasteiger partial charge in [0, 0.05) is 13.5 Å². The van der Waals surface area contributed by atoms with Gasteiger partial charge >= 0.3 is 5.95 Å². The van der Waals surface area contributed by atoms with Crippen LogP contribution in [-0.4, -0.2) is 27.1 Å². The Kier molecular flexibility index (Phi) is 26.6. The molecule has 0 bridgehead atoms. The number of hydrogen-bond donors (Lipinski definition) is 0. The fraction of sp³-hybridized carbons (Fsp3) is 0.931. The van der Waals surface area contributed by atoms with Gasteiger partial charge in [0.15, 0.2) is 12.6 Å². The standard InChI is InChI=1S/C29H58O4/c1-5-8-11-14-17-18-21-24-28(31-25-22-19-15-12-9-6-2)29(33-27-30-4)32-26-23-20-16-13-10-7-3/h5-27H2,1-4H3. The summed E-state index contributed by atoms with van der Waals surface area (Å²) in [6.45, 7) is 8.42. The van der Waals surface area contributed by atoms with Crippen molar-refractivity contribution in [2.24, 2.45) is 0 Å². The first-order valence-corrected chi connectivity index (χ1v) is 14.4. The van der Waals surface area contributed by atoms with Crippen LogP contribution in [0, 0.1) is 0 Å². The minimum atomic E-state index is 0.201. The summed E-state index contributed by atoms with van der Waals surface area (Å²) in [6.07, 6.45) is 25.0. The summed E-state index contributed by atoms with van der Waals surface area (Å²) in [6, 6.07) is 0. The molecule has 0 aromatic carbocycles. The van der Waals surface area contributed by atoms with Crippen LogP contribution in [0.1, 0.15) is 149 Å². The number of hydrogen-bond acceptors (Lipinski definition) is 4. The highest BCUT2D eigenvalue weighted by molar-refractivity contribution is 4.95. The van der Waals surface area contributed by atoms with Gasteiger partial charge in [0.05, 0.1) is 13.2 Å². The zero-order valence-corrected chi connectivity index (χ0v) is 22.9. The molecule has 0 aliphatic heterocycles. The molecule has 0 N–H and O–H groups in total. The maximum absolute atomic E-state index is 6.24. The largest absolute Gasteiger partial charge is 0.491 e. The van der Waals surface area contributed by atoms with Crippen molar-refractivity contribution in [3.63, 3.8) is 0 Å². The Hall–Kier alpha value is -0.900. The van der Waals surface area contributed by atoms with E-state index in [2.05, 4.69) is 20.8 Å². The van der Waals surface area contributed by atoms with Gasteiger partial charge in [-0.25, -0.2) is 0 Å². The number of ether oxygens (including phenoxy) is 4. The number of methoxy groups -OCH3 is 1. The fourth-order valence-electron chi connectivity index (χ4n) is 3.92. The average Bonchev–Trinajstić information content (AvgIpc) is 2.83. The van der Waals surface area contributed by atoms with Gasteiger partial charge in [0.25, 0.3) is 0 Å². The van der Waals surface area contributed by atoms with Crippen molar-refractivity contribution in [2.75, 3.05) is 27.1 Å². The molecule has 0 heterocycles. The summed E-state index contributed by atoms with van der Waals surface area (Å²) in [4.78, 5) is 0. The molecule has 0 spiro atoms. The Labute approximate surface area is 207 Å². The first kappa shape index (κ1) is 32.1. The molecule has 0 saturated heterocycles. The van der Waals surface area contributed by atoms with Crippen LogP contribution in [-0.2, 0) is 18.9 Å². The van der Waals surface area contributed by atoms with E-state index in [0.717, 1.165) is 38.0 Å². The average molecular weight is 471 g/mol. The van der Waals surface area contributed by atoms with Crippen molar-refractivity contribution < 1.29 is 18.9 Å². The third kappa shape index (κ3) is 22.6. The second kappa shape index (κ2) is 27.3. The van der Waals surface area contributed by atoms with Crippen molar-refractivity contribution >= 4 is 0 Å². The van der Waals surface area contributed by atoms with E-state index in [0.29, 0.717) is 12.6 Å². The molecule has 0 aromatic heterocycles. The van der Waals surface area contributed by atoms with E-state index >= 15 is 0 Å². The maximum atomic E-state index is 6.24. The van der Waals surface area contributed by atoms with Crippen LogP contribution in [0.3, 0.4) is 0 Å². The highest BCUT2D eigenvalue weighted by atomic mass is 16.7. The molecular formula is C29H58O4. The minimum Gasteiger partial charge on any atom is -0.491 e. The molecule has 0 unspecified atom stereocenters. The van der Waals surface area contributed by atoms with Gasteiger partial charge in [-0.3, -0.25) is 0 Å². The Morgan fingerprint density at radius 3 is 1.36 bits per heavy atom. The van der Waals surface area contributed by atoms with Crippen molar-refractivity contribution in [3.05, 3.63) is 11.7 Å². The van der Waals surface area contributed by atoms with Gasteiger partial charge in [0.2, 0.25) is 0 Å². The lowest BCUT2D eigenvalue weighted by Gasteiger charge is -2.17. The van der Waals surface area contributed by atoms with Crippen LogP contribution in [0.4, 0.5) is 0 Å². The van der Waals surface area contributed by atoms with E-state index in [1.54, 1.807) is 7.11 Å². The van der Waals surface area contributed by atoms with Gasteiger partial charge in [-0.05, 0) is 19.3 Å². The van der Waals surface area contributed by atoms with Crippen molar-refractivity contribution in [1.82, 2.24) is 0 Å². The predicted molar refractivity (Wildman–Crippen MR) is 141 cm³/mol. The van der Waals surface area contributed by atoms with E-state index in [1.807, 2.05) is 0 Å². The van der Waals surface area contributed by atoms with E-state index in [1.165, 1.54) is 103 Å². The second-order valence-corrected chi connectivity index (χ2v) is 9.37. The summed E-state index contributed by atoms with van der Waals surface area (Å²) in [5, 5.41) is 0. The van der Waals surface area contributed by atoms with Gasteiger partial charge in [0.1, 0.15) is 0 Å². The van der Waals surface area contributed by atoms with Gasteiger partial charge in [-0.1, -0.05) is 124 Å². The monoisotopic (exact) mass is 470 g/mol. The van der Waals surface area contributed by atoms with E-state index < -0.39 is 0 Å². The number of rotatable bonds is 27. The minimum absolute atomic E-state index is 0.201. The quantitative estimate of drug-likeness (QED) is 0.0680. The summed E-state index contributed by atoms with van der Waals surface area (Å²) < 4.78 is 23.3. The summed E-state index contributed by atoms with van der Waals surface area (Å²) in [7, 11) is 1.65. The molecule has 0 aliphatic rings. The zero-order valence-electron chi connectivity index (χ0n) is 22.9. The van der Waals surface area contributed by atoms with E-state index in [4.69, 9.17) is 18.9 Å². The smallest absolute Gasteiger partial charge is 0.321 e. The molecule has 198 valence electrons. The lowest BCUT2D eigenvalue weighted by atomic mass is 10.1. The molecule has 33 heavy (non-hydrogen) atoms. The molecule has 0 fully saturated rings. The predicted octanol–water partition coefficient (Wildman–Crippen LogP) is 9.67. The first-order chi connectivity index (χ1) is 16.3. The maximum Gasteiger partial charge on any atom is 0.321 e. The van der Waals surface area contributed by atoms with Crippen LogP contribution in [0.15, 0.2) is 11.7 Å². The Morgan fingerprint density at radius 2 is 0.879 bits per heavy atom. The van der Waals surface area contributed by atoms with E-state index in [9.17, 15) is 0 Å². The molecule has 4 heteroatoms. The lowest BCUT2D eigenvalue weighted by Crippen LogP contribution is -2.09. The van der Waals surface area contributed by atoms with Gasteiger partial charge in [-0.15, -0.1) is 0 Å². The topological polar surface area (TPSA) is 36.9 Å². The normalized spacial score (nSPS) is 12.0. The lowest BCUT2D eigenvalue weighted by molar-refractivity contribution is -0.0692. The number of unbranched alkanes of at least 4 members (excludes halogenated alkanes) is 16. The SMILES string of the molecule is CCCCCCCCCC(OCCCCCCCC)=C(OCCCCCCCC)OCOC. The zero-order chi connectivity index (χ0) is 24.2. The molecular weight excluding hydrogens is 412 g/mol. The molecule has 0 saturated carbocycles. The molecule has 0 aliphatic carbocycles. The van der Waals surface area contributed by atoms with Crippen molar-refractivity contribution in [1.29, 1.82) is 0 Å². The second-order valence-electron chi connectivity index (χ2n) is 9.37. The molecule has 0 amide bonds. The van der Waals surface area contributed by atoms with Crippen LogP contribution < -0.4 is 0 Å². The third-order valence-corrected chi connectivity index (χ3v) is 6.05. The number of allylic oxidation sites excluding steroid dienone is 1. The van der Waals surface area contributed by atoms with Crippen LogP contribution in [0.2, 0.25) is 0 Å². The van der Waals surface area contributed by atoms with Gasteiger partial charge < -0.3 is 18.9 Å². The summed E-state index contributed by atoms with van der Waals surface area (Å²) in [5.41, 5.74) is 0. The Morgan fingerprint density at radius 1 is 0.455 bits per heavy atom. The Bertz CT molecular complexity index is 388. The summed E-state index contributed by atoms with van der Waals surface area (Å²) >= 11 is 0. The molecule has 4 nitrogen and oxygen atoms in total. The van der Waals surface area contributed by atoms with Crippen molar-refractivity contribution in [3.8, 4) is 0 Å². The molecule has 0 rings (SSSR count). The van der Waals surface area contributed by atoms with Crippen LogP contribution in [0.5, 0.6) is 0 Å². The van der Waals surface area contributed by atoms with E-state index in [-0.39, 0.29) is 6.79 Å². The Balaban J connectivity index is 4.62. The van der Waals surface area contributed by atoms with Crippen molar-refractivity contribution in [2.45, 2.75) is 149 Å². The van der Waals surface area contributed by atoms with Gasteiger partial charge in [-0.2, -0.15) is 0 Å². The van der Waals surface area contributed by atoms with Crippen LogP contribution in [0.25, 0.3) is 0 Å². The molecule has 0 radical (unpaired) electrons. The highest BCUT2D eigenvalue weighted by Crippen LogP contribution is 2.20. The molecule has 0 atom stereocenters.